The van der Waals surface area contributed by atoms with Crippen LogP contribution in [0.5, 0.6) is 0 Å². The van der Waals surface area contributed by atoms with Gasteiger partial charge in [0.05, 0.1) is 44.7 Å². The average molecular weight is 503 g/mol. The molecule has 4 heterocycles. The molecule has 38 heavy (non-hydrogen) atoms. The van der Waals surface area contributed by atoms with E-state index in [0.717, 1.165) is 50.7 Å². The molecule has 6 aromatic rings. The second kappa shape index (κ2) is 7.82. The Labute approximate surface area is 218 Å². The van der Waals surface area contributed by atoms with Crippen molar-refractivity contribution >= 4 is 27.6 Å². The maximum absolute atomic E-state index is 13.9. The normalized spacial score (nSPS) is 14.5. The summed E-state index contributed by atoms with van der Waals surface area (Å²) < 4.78 is 7.01. The number of rotatable bonds is 2. The number of anilines is 1. The van der Waals surface area contributed by atoms with Gasteiger partial charge >= 0.3 is 5.69 Å². The topological polar surface area (TPSA) is 78.8 Å². The lowest BCUT2D eigenvalue weighted by atomic mass is 10.1. The van der Waals surface area contributed by atoms with Gasteiger partial charge in [0.1, 0.15) is 11.9 Å². The zero-order valence-corrected chi connectivity index (χ0v) is 21.6. The van der Waals surface area contributed by atoms with Crippen LogP contribution in [0.3, 0.4) is 0 Å². The van der Waals surface area contributed by atoms with Gasteiger partial charge < -0.3 is 14.5 Å². The number of para-hydroxylation sites is 4. The van der Waals surface area contributed by atoms with E-state index in [4.69, 9.17) is 4.98 Å². The quantitative estimate of drug-likeness (QED) is 0.381. The Morgan fingerprint density at radius 3 is 2.39 bits per heavy atom. The van der Waals surface area contributed by atoms with E-state index in [1.165, 1.54) is 11.6 Å². The van der Waals surface area contributed by atoms with Gasteiger partial charge in [-0.1, -0.05) is 48.0 Å². The van der Waals surface area contributed by atoms with E-state index in [-0.39, 0.29) is 11.2 Å². The monoisotopic (exact) mass is 502 g/mol. The van der Waals surface area contributed by atoms with Gasteiger partial charge in [0, 0.05) is 21.1 Å². The van der Waals surface area contributed by atoms with E-state index in [0.29, 0.717) is 10.9 Å². The first-order valence-electron chi connectivity index (χ1n) is 12.6. The summed E-state index contributed by atoms with van der Waals surface area (Å²) in [5.41, 5.74) is 7.24. The summed E-state index contributed by atoms with van der Waals surface area (Å²) in [6, 6.07) is 23.8. The van der Waals surface area contributed by atoms with Crippen LogP contribution in [-0.4, -0.2) is 23.3 Å². The minimum Gasteiger partial charge on any atom is -0.369 e. The number of hydrogen-bond acceptors (Lipinski definition) is 4. The van der Waals surface area contributed by atoms with Gasteiger partial charge in [-0.2, -0.15) is 0 Å². The highest BCUT2D eigenvalue weighted by molar-refractivity contribution is 5.99. The molecule has 0 unspecified atom stereocenters. The van der Waals surface area contributed by atoms with Crippen LogP contribution in [0.15, 0.2) is 82.4 Å². The molecule has 0 bridgehead atoms. The minimum absolute atomic E-state index is 0.317. The van der Waals surface area contributed by atoms with Crippen molar-refractivity contribution in [2.45, 2.75) is 13.0 Å². The van der Waals surface area contributed by atoms with Gasteiger partial charge in [0.25, 0.3) is 5.56 Å². The highest BCUT2D eigenvalue weighted by Gasteiger charge is 2.36. The molecule has 1 atom stereocenters. The molecule has 3 aromatic heterocycles. The zero-order chi connectivity index (χ0) is 26.3. The fourth-order valence-corrected chi connectivity index (χ4v) is 5.90. The molecule has 7 rings (SSSR count). The lowest BCUT2D eigenvalue weighted by Gasteiger charge is -2.30. The highest BCUT2D eigenvalue weighted by atomic mass is 16.2. The molecule has 1 aliphatic heterocycles. The van der Waals surface area contributed by atoms with E-state index in [9.17, 15) is 9.59 Å². The Kier molecular flexibility index (Phi) is 4.60. The molecule has 8 heteroatoms. The summed E-state index contributed by atoms with van der Waals surface area (Å²) in [6.07, 6.45) is 0. The Bertz CT molecular complexity index is 2060. The first kappa shape index (κ1) is 22.4. The van der Waals surface area contributed by atoms with Crippen LogP contribution in [0.25, 0.3) is 38.9 Å². The Morgan fingerprint density at radius 1 is 0.842 bits per heavy atom. The number of nitrogens with one attached hydrogen (secondary N) is 1. The SMILES string of the molecule is Cc1cccc(-c2c3c(=O)n(C)c(=O)n(C)c3c3n2-c2ccccc2N[C@@H]3c2nc3ccccc3n2C)c1. The number of aryl methyl sites for hydroxylation is 3. The molecule has 0 saturated heterocycles. The van der Waals surface area contributed by atoms with Crippen LogP contribution < -0.4 is 16.6 Å². The number of hydrogen-bond donors (Lipinski definition) is 1. The largest absolute Gasteiger partial charge is 0.369 e. The van der Waals surface area contributed by atoms with Crippen LogP contribution in [0.2, 0.25) is 0 Å². The standard InChI is InChI=1S/C30H26N6O2/c1-17-10-9-11-18(16-17)25-23-26(34(3)30(38)35(4)29(23)37)27-24(31-20-13-6-8-15-22(20)36(25)27)28-32-19-12-5-7-14-21(19)33(28)2/h5-16,24,31H,1-4H3/t24-/m0/s1. The second-order valence-corrected chi connectivity index (χ2v) is 9.98. The minimum atomic E-state index is -0.416. The fourth-order valence-electron chi connectivity index (χ4n) is 5.90. The van der Waals surface area contributed by atoms with E-state index in [1.807, 2.05) is 80.7 Å². The van der Waals surface area contributed by atoms with Crippen molar-refractivity contribution in [3.63, 3.8) is 0 Å². The van der Waals surface area contributed by atoms with Gasteiger partial charge in [-0.25, -0.2) is 9.78 Å². The maximum atomic E-state index is 13.9. The average Bonchev–Trinajstić information content (AvgIpc) is 3.46. The van der Waals surface area contributed by atoms with E-state index >= 15 is 0 Å². The molecular weight excluding hydrogens is 476 g/mol. The van der Waals surface area contributed by atoms with Crippen LogP contribution >= 0.6 is 0 Å². The van der Waals surface area contributed by atoms with E-state index < -0.39 is 6.04 Å². The predicted molar refractivity (Wildman–Crippen MR) is 150 cm³/mol. The Balaban J connectivity index is 1.71. The van der Waals surface area contributed by atoms with Gasteiger partial charge in [-0.3, -0.25) is 13.9 Å². The molecule has 8 nitrogen and oxygen atoms in total. The second-order valence-electron chi connectivity index (χ2n) is 9.98. The number of aromatic nitrogens is 5. The molecule has 0 radical (unpaired) electrons. The summed E-state index contributed by atoms with van der Waals surface area (Å²) >= 11 is 0. The van der Waals surface area contributed by atoms with Gasteiger partial charge in [0.15, 0.2) is 0 Å². The van der Waals surface area contributed by atoms with Crippen molar-refractivity contribution in [1.82, 2.24) is 23.3 Å². The molecule has 188 valence electrons. The third kappa shape index (κ3) is 2.88. The van der Waals surface area contributed by atoms with Crippen LogP contribution in [-0.2, 0) is 21.1 Å². The number of benzene rings is 3. The molecule has 1 aliphatic rings. The van der Waals surface area contributed by atoms with Gasteiger partial charge in [-0.15, -0.1) is 0 Å². The third-order valence-corrected chi connectivity index (χ3v) is 7.70. The van der Waals surface area contributed by atoms with Crippen LogP contribution in [0.1, 0.15) is 23.1 Å². The zero-order valence-electron chi connectivity index (χ0n) is 21.6. The smallest absolute Gasteiger partial charge is 0.331 e. The number of fused-ring (bicyclic) bond motifs is 6. The predicted octanol–water partition coefficient (Wildman–Crippen LogP) is 4.40. The fraction of sp³-hybridized carbons (Fsp3) is 0.167. The van der Waals surface area contributed by atoms with Crippen LogP contribution in [0.4, 0.5) is 5.69 Å². The van der Waals surface area contributed by atoms with Crippen LogP contribution in [0, 0.1) is 6.92 Å². The van der Waals surface area contributed by atoms with E-state index in [2.05, 4.69) is 20.5 Å². The number of nitrogens with zero attached hydrogens (tertiary/aromatic N) is 5. The van der Waals surface area contributed by atoms with E-state index in [1.54, 1.807) is 11.6 Å². The first-order valence-corrected chi connectivity index (χ1v) is 12.6. The van der Waals surface area contributed by atoms with Crippen molar-refractivity contribution in [2.24, 2.45) is 21.1 Å². The first-order chi connectivity index (χ1) is 18.4. The molecule has 0 saturated carbocycles. The molecule has 0 aliphatic carbocycles. The maximum Gasteiger partial charge on any atom is 0.331 e. The van der Waals surface area contributed by atoms with Gasteiger partial charge in [0.2, 0.25) is 0 Å². The molecule has 0 amide bonds. The summed E-state index contributed by atoms with van der Waals surface area (Å²) in [7, 11) is 5.27. The lowest BCUT2D eigenvalue weighted by molar-refractivity contribution is 0.694. The van der Waals surface area contributed by atoms with Crippen molar-refractivity contribution in [2.75, 3.05) is 5.32 Å². The third-order valence-electron chi connectivity index (χ3n) is 7.70. The molecular formula is C30H26N6O2. The highest BCUT2D eigenvalue weighted by Crippen LogP contribution is 2.45. The molecule has 1 N–H and O–H groups in total. The van der Waals surface area contributed by atoms with Crippen molar-refractivity contribution in [3.05, 3.63) is 111 Å². The Morgan fingerprint density at radius 2 is 1.61 bits per heavy atom. The summed E-state index contributed by atoms with van der Waals surface area (Å²) in [5, 5.41) is 4.20. The summed E-state index contributed by atoms with van der Waals surface area (Å²) in [4.78, 5) is 32.1. The molecule has 0 fully saturated rings. The van der Waals surface area contributed by atoms with Gasteiger partial charge in [-0.05, 0) is 42.8 Å². The van der Waals surface area contributed by atoms with Crippen molar-refractivity contribution < 1.29 is 0 Å². The summed E-state index contributed by atoms with van der Waals surface area (Å²) in [6.45, 7) is 2.04. The summed E-state index contributed by atoms with van der Waals surface area (Å²) in [5.74, 6) is 0.797. The van der Waals surface area contributed by atoms with Crippen molar-refractivity contribution in [3.8, 4) is 16.9 Å². The number of imidazole rings is 1. The molecule has 3 aromatic carbocycles. The Hall–Kier alpha value is -4.85. The van der Waals surface area contributed by atoms with Crippen molar-refractivity contribution in [1.29, 1.82) is 0 Å². The lowest BCUT2D eigenvalue weighted by Crippen LogP contribution is -2.37. The molecule has 0 spiro atoms.